The molecule has 1 N–H and O–H groups in total. The van der Waals surface area contributed by atoms with Crippen LogP contribution in [0, 0.1) is 27.6 Å². The minimum absolute atomic E-state index is 0.00847. The van der Waals surface area contributed by atoms with Crippen molar-refractivity contribution in [3.63, 3.8) is 0 Å². The van der Waals surface area contributed by atoms with Gasteiger partial charge in [-0.15, -0.1) is 0 Å². The van der Waals surface area contributed by atoms with E-state index in [9.17, 15) is 28.1 Å². The first-order valence-corrected chi connectivity index (χ1v) is 7.22. The monoisotopic (exact) mass is 370 g/mol. The summed E-state index contributed by atoms with van der Waals surface area (Å²) in [4.78, 5) is 21.3. The fourth-order valence-corrected chi connectivity index (χ4v) is 1.99. The summed E-state index contributed by atoms with van der Waals surface area (Å²) in [5.74, 6) is -5.88. The molecular formula is C16H13F3N2O5. The molecule has 2 rings (SSSR count). The van der Waals surface area contributed by atoms with Crippen molar-refractivity contribution < 1.29 is 32.4 Å². The number of nitro benzene ring substituents is 1. The highest BCUT2D eigenvalue weighted by Gasteiger charge is 2.28. The van der Waals surface area contributed by atoms with Crippen LogP contribution in [0.15, 0.2) is 30.3 Å². The molecule has 1 amide bonds. The second-order valence-corrected chi connectivity index (χ2v) is 4.92. The maximum absolute atomic E-state index is 13.7. The van der Waals surface area contributed by atoms with Crippen molar-refractivity contribution in [1.82, 2.24) is 5.32 Å². The molecule has 0 aliphatic carbocycles. The van der Waals surface area contributed by atoms with Crippen LogP contribution in [0.4, 0.5) is 18.9 Å². The number of benzene rings is 2. The van der Waals surface area contributed by atoms with E-state index in [2.05, 4.69) is 5.32 Å². The second kappa shape index (κ2) is 8.19. The van der Waals surface area contributed by atoms with Crippen LogP contribution in [0.3, 0.4) is 0 Å². The highest BCUT2D eigenvalue weighted by Crippen LogP contribution is 2.25. The van der Waals surface area contributed by atoms with E-state index in [1.165, 1.54) is 7.11 Å². The van der Waals surface area contributed by atoms with Gasteiger partial charge in [-0.1, -0.05) is 0 Å². The van der Waals surface area contributed by atoms with Gasteiger partial charge >= 0.3 is 5.69 Å². The van der Waals surface area contributed by atoms with Crippen LogP contribution < -0.4 is 14.8 Å². The van der Waals surface area contributed by atoms with Crippen molar-refractivity contribution in [1.29, 1.82) is 0 Å². The minimum Gasteiger partial charge on any atom is -0.497 e. The molecule has 0 spiro atoms. The smallest absolute Gasteiger partial charge is 0.308 e. The van der Waals surface area contributed by atoms with Gasteiger partial charge in [0.25, 0.3) is 5.91 Å². The summed E-state index contributed by atoms with van der Waals surface area (Å²) in [6.07, 6.45) is 0. The summed E-state index contributed by atoms with van der Waals surface area (Å²) in [7, 11) is 1.51. The number of halogens is 3. The average Bonchev–Trinajstić information content (AvgIpc) is 2.63. The van der Waals surface area contributed by atoms with Crippen molar-refractivity contribution >= 4 is 11.6 Å². The van der Waals surface area contributed by atoms with E-state index in [-0.39, 0.29) is 13.2 Å². The number of hydrogen-bond donors (Lipinski definition) is 1. The van der Waals surface area contributed by atoms with E-state index in [1.54, 1.807) is 24.3 Å². The summed E-state index contributed by atoms with van der Waals surface area (Å²) in [6, 6.07) is 6.90. The van der Waals surface area contributed by atoms with E-state index >= 15 is 0 Å². The molecule has 0 unspecified atom stereocenters. The molecule has 10 heteroatoms. The Labute approximate surface area is 145 Å². The molecule has 0 aliphatic rings. The molecule has 0 saturated carbocycles. The summed E-state index contributed by atoms with van der Waals surface area (Å²) >= 11 is 0. The molecule has 2 aromatic rings. The first-order chi connectivity index (χ1) is 12.3. The first-order valence-electron chi connectivity index (χ1n) is 7.22. The standard InChI is InChI=1S/C16H13F3N2O5/c1-25-9-2-4-10(5-3-9)26-7-6-20-16(22)11-8-12(21(23)24)14(18)15(19)13(11)17/h2-5,8H,6-7H2,1H3,(H,20,22). The number of ether oxygens (including phenoxy) is 2. The van der Waals surface area contributed by atoms with Crippen LogP contribution in [-0.2, 0) is 0 Å². The SMILES string of the molecule is COc1ccc(OCCNC(=O)c2cc([N+](=O)[O-])c(F)c(F)c2F)cc1. The van der Waals surface area contributed by atoms with Gasteiger partial charge in [-0.2, -0.15) is 4.39 Å². The lowest BCUT2D eigenvalue weighted by Crippen LogP contribution is -2.29. The molecule has 0 aromatic heterocycles. The maximum atomic E-state index is 13.7. The Morgan fingerprint density at radius 2 is 1.73 bits per heavy atom. The van der Waals surface area contributed by atoms with Crippen molar-refractivity contribution in [2.75, 3.05) is 20.3 Å². The lowest BCUT2D eigenvalue weighted by molar-refractivity contribution is -0.387. The first kappa shape index (κ1) is 19.0. The number of methoxy groups -OCH3 is 1. The molecule has 0 atom stereocenters. The number of nitro groups is 1. The highest BCUT2D eigenvalue weighted by atomic mass is 19.2. The lowest BCUT2D eigenvalue weighted by atomic mass is 10.1. The van der Waals surface area contributed by atoms with E-state index < -0.39 is 39.5 Å². The van der Waals surface area contributed by atoms with Crippen LogP contribution in [0.2, 0.25) is 0 Å². The van der Waals surface area contributed by atoms with Gasteiger partial charge in [0.15, 0.2) is 5.82 Å². The van der Waals surface area contributed by atoms with E-state index in [0.29, 0.717) is 17.6 Å². The molecule has 2 aromatic carbocycles. The zero-order valence-corrected chi connectivity index (χ0v) is 13.4. The third-order valence-corrected chi connectivity index (χ3v) is 3.28. The number of nitrogens with zero attached hydrogens (tertiary/aromatic N) is 1. The second-order valence-electron chi connectivity index (χ2n) is 4.92. The summed E-state index contributed by atoms with van der Waals surface area (Å²) in [5, 5.41) is 12.8. The van der Waals surface area contributed by atoms with Crippen molar-refractivity contribution in [2.24, 2.45) is 0 Å². The average molecular weight is 370 g/mol. The van der Waals surface area contributed by atoms with Crippen LogP contribution in [0.1, 0.15) is 10.4 Å². The van der Waals surface area contributed by atoms with Gasteiger partial charge in [0.2, 0.25) is 11.6 Å². The quantitative estimate of drug-likeness (QED) is 0.350. The highest BCUT2D eigenvalue weighted by molar-refractivity contribution is 5.95. The van der Waals surface area contributed by atoms with Crippen molar-refractivity contribution in [3.05, 3.63) is 63.5 Å². The predicted octanol–water partition coefficient (Wildman–Crippen LogP) is 2.83. The Kier molecular flexibility index (Phi) is 5.99. The van der Waals surface area contributed by atoms with Gasteiger partial charge in [-0.25, -0.2) is 8.78 Å². The number of nitrogens with one attached hydrogen (secondary N) is 1. The Hall–Kier alpha value is -3.30. The van der Waals surface area contributed by atoms with Gasteiger partial charge < -0.3 is 14.8 Å². The molecule has 0 heterocycles. The van der Waals surface area contributed by atoms with Crippen LogP contribution in [-0.4, -0.2) is 31.1 Å². The Balaban J connectivity index is 1.98. The molecule has 26 heavy (non-hydrogen) atoms. The third-order valence-electron chi connectivity index (χ3n) is 3.28. The van der Waals surface area contributed by atoms with Crippen LogP contribution >= 0.6 is 0 Å². The van der Waals surface area contributed by atoms with Gasteiger partial charge in [0.05, 0.1) is 24.1 Å². The molecule has 0 saturated heterocycles. The van der Waals surface area contributed by atoms with Crippen LogP contribution in [0.5, 0.6) is 11.5 Å². The molecule has 138 valence electrons. The summed E-state index contributed by atoms with van der Waals surface area (Å²) in [6.45, 7) is -0.109. The number of hydrogen-bond acceptors (Lipinski definition) is 5. The Morgan fingerprint density at radius 3 is 2.31 bits per heavy atom. The molecule has 0 aliphatic heterocycles. The number of carbonyl (C=O) groups is 1. The predicted molar refractivity (Wildman–Crippen MR) is 83.8 cm³/mol. The fourth-order valence-electron chi connectivity index (χ4n) is 1.99. The van der Waals surface area contributed by atoms with Crippen molar-refractivity contribution in [3.8, 4) is 11.5 Å². The van der Waals surface area contributed by atoms with Gasteiger partial charge in [0, 0.05) is 6.07 Å². The lowest BCUT2D eigenvalue weighted by Gasteiger charge is -2.09. The Bertz CT molecular complexity index is 828. The van der Waals surface area contributed by atoms with E-state index in [4.69, 9.17) is 9.47 Å². The minimum atomic E-state index is -2.08. The van der Waals surface area contributed by atoms with E-state index in [0.717, 1.165) is 0 Å². The zero-order valence-electron chi connectivity index (χ0n) is 13.4. The largest absolute Gasteiger partial charge is 0.497 e. The number of rotatable bonds is 7. The third kappa shape index (κ3) is 4.21. The van der Waals surface area contributed by atoms with Gasteiger partial charge in [0.1, 0.15) is 18.1 Å². The summed E-state index contributed by atoms with van der Waals surface area (Å²) in [5.41, 5.74) is -2.30. The Morgan fingerprint density at radius 1 is 1.12 bits per heavy atom. The molecule has 7 nitrogen and oxygen atoms in total. The normalized spacial score (nSPS) is 10.3. The fraction of sp³-hybridized carbons (Fsp3) is 0.188. The molecule has 0 bridgehead atoms. The number of amides is 1. The molecule has 0 radical (unpaired) electrons. The number of carbonyl (C=O) groups excluding carboxylic acids is 1. The molecule has 0 fully saturated rings. The van der Waals surface area contributed by atoms with Crippen molar-refractivity contribution in [2.45, 2.75) is 0 Å². The van der Waals surface area contributed by atoms with Gasteiger partial charge in [-0.05, 0) is 24.3 Å². The topological polar surface area (TPSA) is 90.7 Å². The molecular weight excluding hydrogens is 357 g/mol. The summed E-state index contributed by atoms with van der Waals surface area (Å²) < 4.78 is 50.6. The van der Waals surface area contributed by atoms with E-state index in [1.807, 2.05) is 0 Å². The zero-order chi connectivity index (χ0) is 19.3. The maximum Gasteiger partial charge on any atom is 0.308 e. The van der Waals surface area contributed by atoms with Gasteiger partial charge in [-0.3, -0.25) is 14.9 Å². The van der Waals surface area contributed by atoms with Crippen LogP contribution in [0.25, 0.3) is 0 Å².